The number of halogens is 2. The van der Waals surface area contributed by atoms with E-state index in [0.29, 0.717) is 10.6 Å². The van der Waals surface area contributed by atoms with Crippen molar-refractivity contribution in [2.75, 3.05) is 0 Å². The maximum atomic E-state index is 8.59. The molecule has 0 radical (unpaired) electrons. The molecular formula is C10H8ClIN4O. The third kappa shape index (κ3) is 2.52. The molecule has 2 rings (SSSR count). The molecule has 0 atom stereocenters. The zero-order chi connectivity index (χ0) is 12.4. The molecule has 17 heavy (non-hydrogen) atoms. The summed E-state index contributed by atoms with van der Waals surface area (Å²) < 4.78 is 2.73. The van der Waals surface area contributed by atoms with Crippen molar-refractivity contribution in [2.45, 2.75) is 0 Å². The lowest BCUT2D eigenvalue weighted by molar-refractivity contribution is 0.318. The topological polar surface area (TPSA) is 76.4 Å². The van der Waals surface area contributed by atoms with Gasteiger partial charge in [0, 0.05) is 11.8 Å². The number of benzene rings is 1. The number of hydrogen-bond donors (Lipinski definition) is 2. The highest BCUT2D eigenvalue weighted by molar-refractivity contribution is 14.1. The Balaban J connectivity index is 2.44. The minimum Gasteiger partial charge on any atom is -0.409 e. The minimum absolute atomic E-state index is 0.0170. The van der Waals surface area contributed by atoms with E-state index < -0.39 is 0 Å². The summed E-state index contributed by atoms with van der Waals surface area (Å²) in [5.41, 5.74) is 6.78. The molecule has 2 aromatic rings. The first kappa shape index (κ1) is 12.2. The van der Waals surface area contributed by atoms with Gasteiger partial charge in [0.2, 0.25) is 0 Å². The van der Waals surface area contributed by atoms with Gasteiger partial charge in [-0.05, 0) is 40.8 Å². The van der Waals surface area contributed by atoms with Gasteiger partial charge in [-0.3, -0.25) is 0 Å². The fourth-order valence-corrected chi connectivity index (χ4v) is 2.01. The van der Waals surface area contributed by atoms with Crippen molar-refractivity contribution in [3.63, 3.8) is 0 Å². The monoisotopic (exact) mass is 362 g/mol. The maximum absolute atomic E-state index is 8.59. The molecule has 7 heteroatoms. The number of rotatable bonds is 2. The second-order valence-electron chi connectivity index (χ2n) is 3.25. The third-order valence-electron chi connectivity index (χ3n) is 2.15. The van der Waals surface area contributed by atoms with E-state index in [-0.39, 0.29) is 5.84 Å². The van der Waals surface area contributed by atoms with Crippen LogP contribution in [0.5, 0.6) is 0 Å². The van der Waals surface area contributed by atoms with Crippen molar-refractivity contribution in [3.05, 3.63) is 44.7 Å². The molecule has 88 valence electrons. The van der Waals surface area contributed by atoms with Gasteiger partial charge in [-0.1, -0.05) is 16.8 Å². The Bertz CT molecular complexity index is 581. The zero-order valence-electron chi connectivity index (χ0n) is 8.51. The van der Waals surface area contributed by atoms with Gasteiger partial charge in [0.25, 0.3) is 0 Å². The van der Waals surface area contributed by atoms with Gasteiger partial charge in [-0.25, -0.2) is 4.68 Å². The number of oxime groups is 1. The normalized spacial score (nSPS) is 11.8. The molecule has 1 aromatic heterocycles. The second kappa shape index (κ2) is 4.92. The SMILES string of the molecule is NC(=NO)c1ccc(-n2cc(I)cn2)cc1Cl. The van der Waals surface area contributed by atoms with E-state index in [9.17, 15) is 0 Å². The molecule has 0 saturated carbocycles. The van der Waals surface area contributed by atoms with E-state index in [4.69, 9.17) is 22.5 Å². The van der Waals surface area contributed by atoms with Crippen LogP contribution in [-0.2, 0) is 0 Å². The van der Waals surface area contributed by atoms with Crippen molar-refractivity contribution in [3.8, 4) is 5.69 Å². The smallest absolute Gasteiger partial charge is 0.171 e. The number of nitrogens with two attached hydrogens (primary N) is 1. The van der Waals surface area contributed by atoms with Gasteiger partial charge in [0.15, 0.2) is 5.84 Å². The first-order valence-corrected chi connectivity index (χ1v) is 6.05. The second-order valence-corrected chi connectivity index (χ2v) is 4.91. The van der Waals surface area contributed by atoms with Crippen molar-refractivity contribution in [1.29, 1.82) is 0 Å². The van der Waals surface area contributed by atoms with Crippen molar-refractivity contribution < 1.29 is 5.21 Å². The van der Waals surface area contributed by atoms with Crippen LogP contribution >= 0.6 is 34.2 Å². The predicted octanol–water partition coefficient (Wildman–Crippen LogP) is 2.22. The molecule has 5 nitrogen and oxygen atoms in total. The Labute approximate surface area is 116 Å². The van der Waals surface area contributed by atoms with Crippen LogP contribution in [0.25, 0.3) is 5.69 Å². The first-order chi connectivity index (χ1) is 8.11. The lowest BCUT2D eigenvalue weighted by Gasteiger charge is -2.05. The fraction of sp³-hybridized carbons (Fsp3) is 0. The summed E-state index contributed by atoms with van der Waals surface area (Å²) in [6.45, 7) is 0. The van der Waals surface area contributed by atoms with Crippen molar-refractivity contribution in [1.82, 2.24) is 9.78 Å². The molecule has 1 aromatic carbocycles. The number of aromatic nitrogens is 2. The zero-order valence-corrected chi connectivity index (χ0v) is 11.4. The molecule has 0 spiro atoms. The lowest BCUT2D eigenvalue weighted by atomic mass is 10.2. The van der Waals surface area contributed by atoms with Crippen molar-refractivity contribution >= 4 is 40.0 Å². The van der Waals surface area contributed by atoms with E-state index in [1.807, 2.05) is 6.20 Å². The molecular weight excluding hydrogens is 354 g/mol. The number of amidine groups is 1. The highest BCUT2D eigenvalue weighted by Gasteiger charge is 2.07. The molecule has 0 fully saturated rings. The molecule has 0 unspecified atom stereocenters. The molecule has 0 saturated heterocycles. The maximum Gasteiger partial charge on any atom is 0.171 e. The van der Waals surface area contributed by atoms with Crippen LogP contribution in [0.15, 0.2) is 35.7 Å². The summed E-state index contributed by atoms with van der Waals surface area (Å²) in [6, 6.07) is 5.18. The summed E-state index contributed by atoms with van der Waals surface area (Å²) in [5, 5.41) is 16.1. The molecule has 0 aliphatic heterocycles. The Kier molecular flexibility index (Phi) is 3.53. The van der Waals surface area contributed by atoms with Gasteiger partial charge in [0.1, 0.15) is 0 Å². The highest BCUT2D eigenvalue weighted by Crippen LogP contribution is 2.20. The average Bonchev–Trinajstić information content (AvgIpc) is 2.75. The standard InChI is InChI=1S/C10H8ClIN4O/c11-9-3-7(16-5-6(12)4-14-16)1-2-8(9)10(13)15-17/h1-5,17H,(H2,13,15). The van der Waals surface area contributed by atoms with Crippen LogP contribution < -0.4 is 5.73 Å². The summed E-state index contributed by atoms with van der Waals surface area (Å²) in [5.74, 6) is -0.0170. The summed E-state index contributed by atoms with van der Waals surface area (Å²) in [7, 11) is 0. The van der Waals surface area contributed by atoms with Gasteiger partial charge >= 0.3 is 0 Å². The Morgan fingerprint density at radius 3 is 2.82 bits per heavy atom. The van der Waals surface area contributed by atoms with Crippen LogP contribution in [0.3, 0.4) is 0 Å². The Morgan fingerprint density at radius 2 is 2.29 bits per heavy atom. The quantitative estimate of drug-likeness (QED) is 0.283. The van der Waals surface area contributed by atoms with E-state index in [1.54, 1.807) is 29.1 Å². The predicted molar refractivity (Wildman–Crippen MR) is 73.8 cm³/mol. The molecule has 0 aliphatic rings. The largest absolute Gasteiger partial charge is 0.409 e. The molecule has 1 heterocycles. The summed E-state index contributed by atoms with van der Waals surface area (Å²) >= 11 is 8.22. The number of nitrogens with zero attached hydrogens (tertiary/aromatic N) is 3. The molecule has 0 aliphatic carbocycles. The van der Waals surface area contributed by atoms with Gasteiger partial charge in [-0.2, -0.15) is 5.10 Å². The van der Waals surface area contributed by atoms with Crippen molar-refractivity contribution in [2.24, 2.45) is 10.9 Å². The average molecular weight is 363 g/mol. The number of hydrogen-bond acceptors (Lipinski definition) is 3. The molecule has 0 bridgehead atoms. The summed E-state index contributed by atoms with van der Waals surface area (Å²) in [4.78, 5) is 0. The third-order valence-corrected chi connectivity index (χ3v) is 3.02. The molecule has 3 N–H and O–H groups in total. The van der Waals surface area contributed by atoms with E-state index in [0.717, 1.165) is 9.26 Å². The minimum atomic E-state index is -0.0170. The van der Waals surface area contributed by atoms with Crippen LogP contribution in [0.2, 0.25) is 5.02 Å². The van der Waals surface area contributed by atoms with E-state index >= 15 is 0 Å². The molecule has 0 amide bonds. The lowest BCUT2D eigenvalue weighted by Crippen LogP contribution is -2.13. The van der Waals surface area contributed by atoms with E-state index in [2.05, 4.69) is 32.8 Å². The van der Waals surface area contributed by atoms with Crippen LogP contribution in [0, 0.1) is 3.57 Å². The first-order valence-electron chi connectivity index (χ1n) is 4.60. The highest BCUT2D eigenvalue weighted by atomic mass is 127. The fourth-order valence-electron chi connectivity index (χ4n) is 1.35. The van der Waals surface area contributed by atoms with Crippen LogP contribution in [0.4, 0.5) is 0 Å². The van der Waals surface area contributed by atoms with Gasteiger partial charge < -0.3 is 10.9 Å². The van der Waals surface area contributed by atoms with Gasteiger partial charge in [-0.15, -0.1) is 0 Å². The van der Waals surface area contributed by atoms with Crippen LogP contribution in [0.1, 0.15) is 5.56 Å². The van der Waals surface area contributed by atoms with E-state index in [1.165, 1.54) is 0 Å². The van der Waals surface area contributed by atoms with Gasteiger partial charge in [0.05, 0.1) is 20.5 Å². The van der Waals surface area contributed by atoms with Crippen LogP contribution in [-0.4, -0.2) is 20.8 Å². The summed E-state index contributed by atoms with van der Waals surface area (Å²) in [6.07, 6.45) is 3.61. The Morgan fingerprint density at radius 1 is 1.53 bits per heavy atom. The Hall–Kier alpha value is -1.28.